The summed E-state index contributed by atoms with van der Waals surface area (Å²) in [6, 6.07) is 7.74. The van der Waals surface area contributed by atoms with E-state index in [1.54, 1.807) is 0 Å². The molecule has 0 aliphatic rings. The van der Waals surface area contributed by atoms with Gasteiger partial charge in [0, 0.05) is 18.7 Å². The highest BCUT2D eigenvalue weighted by Gasteiger charge is 2.18. The first-order valence-electron chi connectivity index (χ1n) is 8.05. The highest BCUT2D eigenvalue weighted by Crippen LogP contribution is 2.22. The van der Waals surface area contributed by atoms with E-state index in [2.05, 4.69) is 26.1 Å². The van der Waals surface area contributed by atoms with Crippen LogP contribution in [-0.4, -0.2) is 12.5 Å². The lowest BCUT2D eigenvalue weighted by Crippen LogP contribution is -2.34. The Morgan fingerprint density at radius 3 is 2.62 bits per heavy atom. The van der Waals surface area contributed by atoms with E-state index in [1.807, 2.05) is 24.3 Å². The zero-order chi connectivity index (χ0) is 15.7. The molecule has 3 nitrogen and oxygen atoms in total. The Balaban J connectivity index is 2.29. The molecule has 0 spiro atoms. The van der Waals surface area contributed by atoms with E-state index in [4.69, 9.17) is 5.73 Å². The van der Waals surface area contributed by atoms with E-state index < -0.39 is 0 Å². The second-order valence-electron chi connectivity index (χ2n) is 6.60. The minimum absolute atomic E-state index is 0.113. The molecule has 0 saturated carbocycles. The summed E-state index contributed by atoms with van der Waals surface area (Å²) < 4.78 is 0. The van der Waals surface area contributed by atoms with E-state index in [1.165, 1.54) is 19.3 Å². The van der Waals surface area contributed by atoms with Crippen molar-refractivity contribution in [3.8, 4) is 0 Å². The van der Waals surface area contributed by atoms with Crippen molar-refractivity contribution >= 4 is 11.6 Å². The molecule has 0 aromatic heterocycles. The third kappa shape index (κ3) is 7.16. The fourth-order valence-corrected chi connectivity index (χ4v) is 2.38. The smallest absolute Gasteiger partial charge is 0.220 e. The molecule has 0 fully saturated rings. The number of nitrogens with one attached hydrogen (secondary N) is 1. The van der Waals surface area contributed by atoms with Crippen molar-refractivity contribution in [1.82, 2.24) is 5.32 Å². The standard InChI is InChI=1S/C18H30N2O/c1-4-5-8-13-18(2,3)14-20-17(21)12-11-15-9-6-7-10-16(15)19/h6-7,9-10H,4-5,8,11-14,19H2,1-3H3,(H,20,21). The van der Waals surface area contributed by atoms with Crippen LogP contribution >= 0.6 is 0 Å². The normalized spacial score (nSPS) is 11.4. The average molecular weight is 290 g/mol. The summed E-state index contributed by atoms with van der Waals surface area (Å²) in [4.78, 5) is 12.0. The molecule has 3 N–H and O–H groups in total. The van der Waals surface area contributed by atoms with Gasteiger partial charge in [-0.3, -0.25) is 4.79 Å². The van der Waals surface area contributed by atoms with Crippen molar-refractivity contribution in [2.75, 3.05) is 12.3 Å². The van der Waals surface area contributed by atoms with Crippen LogP contribution in [0.2, 0.25) is 0 Å². The Bertz CT molecular complexity index is 441. The van der Waals surface area contributed by atoms with Gasteiger partial charge in [-0.25, -0.2) is 0 Å². The van der Waals surface area contributed by atoms with Gasteiger partial charge in [0.15, 0.2) is 0 Å². The first kappa shape index (κ1) is 17.5. The number of nitrogen functional groups attached to an aromatic ring is 1. The second kappa shape index (κ2) is 8.71. The number of hydrogen-bond acceptors (Lipinski definition) is 2. The van der Waals surface area contributed by atoms with Crippen molar-refractivity contribution in [2.24, 2.45) is 5.41 Å². The quantitative estimate of drug-likeness (QED) is 0.535. The molecule has 3 heteroatoms. The zero-order valence-corrected chi connectivity index (χ0v) is 13.7. The van der Waals surface area contributed by atoms with Crippen molar-refractivity contribution in [3.63, 3.8) is 0 Å². The number of unbranched alkanes of at least 4 members (excludes halogenated alkanes) is 2. The van der Waals surface area contributed by atoms with Crippen LogP contribution in [-0.2, 0) is 11.2 Å². The Kier molecular flexibility index (Phi) is 7.27. The van der Waals surface area contributed by atoms with Crippen molar-refractivity contribution in [3.05, 3.63) is 29.8 Å². The van der Waals surface area contributed by atoms with Gasteiger partial charge in [-0.1, -0.05) is 58.2 Å². The molecule has 0 saturated heterocycles. The van der Waals surface area contributed by atoms with Crippen LogP contribution in [0.4, 0.5) is 5.69 Å². The van der Waals surface area contributed by atoms with Gasteiger partial charge in [-0.2, -0.15) is 0 Å². The van der Waals surface area contributed by atoms with Gasteiger partial charge >= 0.3 is 0 Å². The number of amides is 1. The van der Waals surface area contributed by atoms with E-state index in [0.29, 0.717) is 12.8 Å². The van der Waals surface area contributed by atoms with Gasteiger partial charge in [0.05, 0.1) is 0 Å². The number of anilines is 1. The molecule has 1 rings (SSSR count). The van der Waals surface area contributed by atoms with Crippen LogP contribution in [0.25, 0.3) is 0 Å². The number of carbonyl (C=O) groups excluding carboxylic acids is 1. The molecule has 0 aliphatic heterocycles. The molecule has 118 valence electrons. The van der Waals surface area contributed by atoms with Gasteiger partial charge in [-0.05, 0) is 29.9 Å². The maximum absolute atomic E-state index is 12.0. The Morgan fingerprint density at radius 2 is 1.95 bits per heavy atom. The van der Waals surface area contributed by atoms with E-state index in [-0.39, 0.29) is 11.3 Å². The molecule has 1 aromatic rings. The third-order valence-corrected chi connectivity index (χ3v) is 3.90. The Hall–Kier alpha value is -1.51. The zero-order valence-electron chi connectivity index (χ0n) is 13.7. The predicted octanol–water partition coefficient (Wildman–Crippen LogP) is 3.92. The minimum Gasteiger partial charge on any atom is -0.399 e. The van der Waals surface area contributed by atoms with Crippen LogP contribution < -0.4 is 11.1 Å². The van der Waals surface area contributed by atoms with Gasteiger partial charge in [0.2, 0.25) is 5.91 Å². The SMILES string of the molecule is CCCCCC(C)(C)CNC(=O)CCc1ccccc1N. The van der Waals surface area contributed by atoms with Gasteiger partial charge in [0.25, 0.3) is 0 Å². The van der Waals surface area contributed by atoms with Crippen molar-refractivity contribution in [1.29, 1.82) is 0 Å². The Labute approximate surface area is 129 Å². The molecule has 0 aliphatic carbocycles. The van der Waals surface area contributed by atoms with Crippen LogP contribution in [0, 0.1) is 5.41 Å². The minimum atomic E-state index is 0.113. The summed E-state index contributed by atoms with van der Waals surface area (Å²) in [6.45, 7) is 7.40. The lowest BCUT2D eigenvalue weighted by Gasteiger charge is -2.25. The maximum Gasteiger partial charge on any atom is 0.220 e. The first-order valence-corrected chi connectivity index (χ1v) is 8.05. The lowest BCUT2D eigenvalue weighted by molar-refractivity contribution is -0.121. The van der Waals surface area contributed by atoms with E-state index >= 15 is 0 Å². The number of aryl methyl sites for hydroxylation is 1. The fraction of sp³-hybridized carbons (Fsp3) is 0.611. The number of rotatable bonds is 9. The number of benzene rings is 1. The fourth-order valence-electron chi connectivity index (χ4n) is 2.38. The highest BCUT2D eigenvalue weighted by molar-refractivity contribution is 5.76. The van der Waals surface area contributed by atoms with Crippen LogP contribution in [0.15, 0.2) is 24.3 Å². The topological polar surface area (TPSA) is 55.1 Å². The number of hydrogen-bond donors (Lipinski definition) is 2. The average Bonchev–Trinajstić information content (AvgIpc) is 2.44. The lowest BCUT2D eigenvalue weighted by atomic mass is 9.87. The number of para-hydroxylation sites is 1. The molecule has 1 amide bonds. The molecule has 1 aromatic carbocycles. The molecular formula is C18H30N2O. The van der Waals surface area contributed by atoms with Gasteiger partial charge in [-0.15, -0.1) is 0 Å². The van der Waals surface area contributed by atoms with Gasteiger partial charge < -0.3 is 11.1 Å². The maximum atomic E-state index is 12.0. The Morgan fingerprint density at radius 1 is 1.24 bits per heavy atom. The molecule has 0 unspecified atom stereocenters. The van der Waals surface area contributed by atoms with E-state index in [0.717, 1.165) is 24.2 Å². The van der Waals surface area contributed by atoms with Crippen LogP contribution in [0.1, 0.15) is 58.4 Å². The summed E-state index contributed by atoms with van der Waals surface area (Å²) in [5.74, 6) is 0.113. The van der Waals surface area contributed by atoms with Crippen molar-refractivity contribution < 1.29 is 4.79 Å². The van der Waals surface area contributed by atoms with Gasteiger partial charge in [0.1, 0.15) is 0 Å². The molecule has 0 radical (unpaired) electrons. The second-order valence-corrected chi connectivity index (χ2v) is 6.60. The number of carbonyl (C=O) groups is 1. The third-order valence-electron chi connectivity index (χ3n) is 3.90. The van der Waals surface area contributed by atoms with Crippen LogP contribution in [0.3, 0.4) is 0 Å². The largest absolute Gasteiger partial charge is 0.399 e. The molecular weight excluding hydrogens is 260 g/mol. The van der Waals surface area contributed by atoms with E-state index in [9.17, 15) is 4.79 Å². The molecule has 0 bridgehead atoms. The number of nitrogens with two attached hydrogens (primary N) is 1. The van der Waals surface area contributed by atoms with Crippen LogP contribution in [0.5, 0.6) is 0 Å². The monoisotopic (exact) mass is 290 g/mol. The summed E-state index contributed by atoms with van der Waals surface area (Å²) in [5.41, 5.74) is 7.88. The molecule has 0 heterocycles. The highest BCUT2D eigenvalue weighted by atomic mass is 16.1. The molecule has 0 atom stereocenters. The van der Waals surface area contributed by atoms with Crippen molar-refractivity contribution in [2.45, 2.75) is 59.3 Å². The first-order chi connectivity index (χ1) is 9.94. The predicted molar refractivity (Wildman–Crippen MR) is 90.1 cm³/mol. The summed E-state index contributed by atoms with van der Waals surface area (Å²) >= 11 is 0. The summed E-state index contributed by atoms with van der Waals surface area (Å²) in [5, 5.41) is 3.06. The summed E-state index contributed by atoms with van der Waals surface area (Å²) in [6.07, 6.45) is 6.10. The summed E-state index contributed by atoms with van der Waals surface area (Å²) in [7, 11) is 0. The molecule has 21 heavy (non-hydrogen) atoms.